The van der Waals surface area contributed by atoms with Crippen LogP contribution in [0.5, 0.6) is 0 Å². The van der Waals surface area contributed by atoms with Crippen molar-refractivity contribution in [2.24, 2.45) is 5.92 Å². The molecule has 1 heterocycles. The highest BCUT2D eigenvalue weighted by Gasteiger charge is 2.27. The number of carbonyl (C=O) groups excluding carboxylic acids is 1. The van der Waals surface area contributed by atoms with Crippen molar-refractivity contribution in [1.29, 1.82) is 0 Å². The molecule has 1 unspecified atom stereocenters. The standard InChI is InChI=1S/C13H26N2O2/c1-10(2)15(11(3)4)13(17)8-14-6-5-12(7-14)9-16/h10-12,16H,5-9H2,1-4H3. The van der Waals surface area contributed by atoms with Gasteiger partial charge in [-0.15, -0.1) is 0 Å². The normalized spacial score (nSPS) is 21.5. The van der Waals surface area contributed by atoms with Crippen LogP contribution in [-0.4, -0.2) is 59.1 Å². The number of carbonyl (C=O) groups is 1. The molecule has 0 aromatic carbocycles. The Hall–Kier alpha value is -0.610. The van der Waals surface area contributed by atoms with Gasteiger partial charge in [0, 0.05) is 25.2 Å². The van der Waals surface area contributed by atoms with Gasteiger partial charge in [-0.25, -0.2) is 0 Å². The van der Waals surface area contributed by atoms with Crippen molar-refractivity contribution in [3.05, 3.63) is 0 Å². The van der Waals surface area contributed by atoms with Crippen LogP contribution >= 0.6 is 0 Å². The van der Waals surface area contributed by atoms with Crippen molar-refractivity contribution < 1.29 is 9.90 Å². The Morgan fingerprint density at radius 1 is 1.35 bits per heavy atom. The minimum Gasteiger partial charge on any atom is -0.396 e. The Morgan fingerprint density at radius 2 is 1.94 bits per heavy atom. The van der Waals surface area contributed by atoms with Crippen molar-refractivity contribution in [3.8, 4) is 0 Å². The van der Waals surface area contributed by atoms with Crippen LogP contribution in [-0.2, 0) is 4.79 Å². The van der Waals surface area contributed by atoms with Crippen LogP contribution in [0.2, 0.25) is 0 Å². The van der Waals surface area contributed by atoms with Crippen molar-refractivity contribution in [3.63, 3.8) is 0 Å². The largest absolute Gasteiger partial charge is 0.396 e. The summed E-state index contributed by atoms with van der Waals surface area (Å²) in [6.45, 7) is 10.7. The minimum atomic E-state index is 0.202. The zero-order valence-corrected chi connectivity index (χ0v) is 11.5. The molecular formula is C13H26N2O2. The van der Waals surface area contributed by atoms with E-state index in [-0.39, 0.29) is 24.6 Å². The smallest absolute Gasteiger partial charge is 0.237 e. The number of nitrogens with zero attached hydrogens (tertiary/aromatic N) is 2. The molecule has 0 spiro atoms. The summed E-state index contributed by atoms with van der Waals surface area (Å²) in [5, 5.41) is 9.08. The number of amides is 1. The van der Waals surface area contributed by atoms with Gasteiger partial charge in [-0.05, 0) is 46.6 Å². The van der Waals surface area contributed by atoms with Crippen LogP contribution in [0.25, 0.3) is 0 Å². The van der Waals surface area contributed by atoms with Gasteiger partial charge in [-0.2, -0.15) is 0 Å². The van der Waals surface area contributed by atoms with E-state index in [0.717, 1.165) is 19.5 Å². The quantitative estimate of drug-likeness (QED) is 0.780. The van der Waals surface area contributed by atoms with Crippen molar-refractivity contribution in [1.82, 2.24) is 9.80 Å². The van der Waals surface area contributed by atoms with Crippen molar-refractivity contribution in [2.75, 3.05) is 26.2 Å². The van der Waals surface area contributed by atoms with Crippen LogP contribution in [0.4, 0.5) is 0 Å². The van der Waals surface area contributed by atoms with Crippen molar-refractivity contribution in [2.45, 2.75) is 46.2 Å². The van der Waals surface area contributed by atoms with Gasteiger partial charge in [-0.3, -0.25) is 9.69 Å². The van der Waals surface area contributed by atoms with Gasteiger partial charge in [-0.1, -0.05) is 0 Å². The van der Waals surface area contributed by atoms with Gasteiger partial charge in [0.25, 0.3) is 0 Å². The first-order chi connectivity index (χ1) is 7.95. The third-order valence-electron chi connectivity index (χ3n) is 3.39. The molecule has 0 aromatic heterocycles. The van der Waals surface area contributed by atoms with Crippen LogP contribution in [0.1, 0.15) is 34.1 Å². The summed E-state index contributed by atoms with van der Waals surface area (Å²) in [6, 6.07) is 0.498. The first-order valence-electron chi connectivity index (χ1n) is 6.60. The summed E-state index contributed by atoms with van der Waals surface area (Å²) in [4.78, 5) is 16.3. The van der Waals surface area contributed by atoms with Crippen molar-refractivity contribution >= 4 is 5.91 Å². The first kappa shape index (κ1) is 14.5. The van der Waals surface area contributed by atoms with Gasteiger partial charge >= 0.3 is 0 Å². The van der Waals surface area contributed by atoms with Crippen LogP contribution in [0.3, 0.4) is 0 Å². The van der Waals surface area contributed by atoms with Gasteiger partial charge in [0.1, 0.15) is 0 Å². The molecule has 1 amide bonds. The number of likely N-dealkylation sites (tertiary alicyclic amines) is 1. The topological polar surface area (TPSA) is 43.8 Å². The summed E-state index contributed by atoms with van der Waals surface area (Å²) in [5.41, 5.74) is 0. The molecule has 1 rings (SSSR count). The molecule has 1 fully saturated rings. The molecule has 1 N–H and O–H groups in total. The van der Waals surface area contributed by atoms with Gasteiger partial charge in [0.05, 0.1) is 6.54 Å². The number of aliphatic hydroxyl groups is 1. The van der Waals surface area contributed by atoms with Gasteiger partial charge < -0.3 is 10.0 Å². The summed E-state index contributed by atoms with van der Waals surface area (Å²) >= 11 is 0. The highest BCUT2D eigenvalue weighted by atomic mass is 16.3. The Balaban J connectivity index is 2.48. The number of rotatable bonds is 5. The maximum absolute atomic E-state index is 12.2. The van der Waals surface area contributed by atoms with Gasteiger partial charge in [0.2, 0.25) is 5.91 Å². The van der Waals surface area contributed by atoms with E-state index in [0.29, 0.717) is 12.5 Å². The molecule has 1 saturated heterocycles. The van der Waals surface area contributed by atoms with Gasteiger partial charge in [0.15, 0.2) is 0 Å². The fourth-order valence-electron chi connectivity index (χ4n) is 2.65. The fourth-order valence-corrected chi connectivity index (χ4v) is 2.65. The highest BCUT2D eigenvalue weighted by Crippen LogP contribution is 2.16. The monoisotopic (exact) mass is 242 g/mol. The summed E-state index contributed by atoms with van der Waals surface area (Å²) in [7, 11) is 0. The van der Waals surface area contributed by atoms with E-state index in [1.807, 2.05) is 4.90 Å². The zero-order chi connectivity index (χ0) is 13.0. The molecule has 1 atom stereocenters. The first-order valence-corrected chi connectivity index (χ1v) is 6.60. The predicted molar refractivity (Wildman–Crippen MR) is 68.8 cm³/mol. The molecule has 0 saturated carbocycles. The van der Waals surface area contributed by atoms with Crippen LogP contribution in [0, 0.1) is 5.92 Å². The molecule has 0 aliphatic carbocycles. The van der Waals surface area contributed by atoms with E-state index >= 15 is 0 Å². The average molecular weight is 242 g/mol. The Morgan fingerprint density at radius 3 is 2.35 bits per heavy atom. The molecule has 0 radical (unpaired) electrons. The molecule has 1 aliphatic rings. The second-order valence-corrected chi connectivity index (χ2v) is 5.56. The minimum absolute atomic E-state index is 0.202. The maximum Gasteiger partial charge on any atom is 0.237 e. The van der Waals surface area contributed by atoms with E-state index in [9.17, 15) is 4.79 Å². The maximum atomic E-state index is 12.2. The molecule has 1 aliphatic heterocycles. The average Bonchev–Trinajstić information content (AvgIpc) is 2.64. The molecule has 100 valence electrons. The molecule has 0 aromatic rings. The molecule has 4 nitrogen and oxygen atoms in total. The second kappa shape index (κ2) is 6.36. The lowest BCUT2D eigenvalue weighted by Gasteiger charge is -2.32. The summed E-state index contributed by atoms with van der Waals surface area (Å²) in [6.07, 6.45) is 1.01. The second-order valence-electron chi connectivity index (χ2n) is 5.56. The van der Waals surface area contributed by atoms with Crippen LogP contribution < -0.4 is 0 Å². The van der Waals surface area contributed by atoms with E-state index in [1.165, 1.54) is 0 Å². The lowest BCUT2D eigenvalue weighted by atomic mass is 10.1. The Kier molecular flexibility index (Phi) is 5.40. The lowest BCUT2D eigenvalue weighted by Crippen LogP contribution is -2.46. The molecule has 0 bridgehead atoms. The predicted octanol–water partition coefficient (Wildman–Crippen LogP) is 0.946. The number of hydrogen-bond donors (Lipinski definition) is 1. The summed E-state index contributed by atoms with van der Waals surface area (Å²) < 4.78 is 0. The Labute approximate surface area is 105 Å². The summed E-state index contributed by atoms with van der Waals surface area (Å²) in [5.74, 6) is 0.558. The van der Waals surface area contributed by atoms with Crippen LogP contribution in [0.15, 0.2) is 0 Å². The lowest BCUT2D eigenvalue weighted by molar-refractivity contribution is -0.135. The molecule has 4 heteroatoms. The zero-order valence-electron chi connectivity index (χ0n) is 11.5. The van der Waals surface area contributed by atoms with E-state index in [4.69, 9.17) is 5.11 Å². The highest BCUT2D eigenvalue weighted by molar-refractivity contribution is 5.78. The number of aliphatic hydroxyl groups excluding tert-OH is 1. The third kappa shape index (κ3) is 3.96. The molecular weight excluding hydrogens is 216 g/mol. The fraction of sp³-hybridized carbons (Fsp3) is 0.923. The van der Waals surface area contributed by atoms with E-state index in [1.54, 1.807) is 0 Å². The molecule has 17 heavy (non-hydrogen) atoms. The number of hydrogen-bond acceptors (Lipinski definition) is 3. The third-order valence-corrected chi connectivity index (χ3v) is 3.39. The van der Waals surface area contributed by atoms with E-state index in [2.05, 4.69) is 32.6 Å². The van der Waals surface area contributed by atoms with E-state index < -0.39 is 0 Å². The SMILES string of the molecule is CC(C)N(C(=O)CN1CCC(CO)C1)C(C)C. The Bertz CT molecular complexity index is 246.